The van der Waals surface area contributed by atoms with Gasteiger partial charge in [0.2, 0.25) is 0 Å². The summed E-state index contributed by atoms with van der Waals surface area (Å²) < 4.78 is 6.47. The highest BCUT2D eigenvalue weighted by atomic mass is 32.1. The number of fused-ring (bicyclic) bond motifs is 1. The number of hydrogen-bond donors (Lipinski definition) is 1. The third-order valence-electron chi connectivity index (χ3n) is 5.22. The van der Waals surface area contributed by atoms with Gasteiger partial charge in [-0.05, 0) is 55.8 Å². The van der Waals surface area contributed by atoms with E-state index in [0.29, 0.717) is 12.8 Å². The van der Waals surface area contributed by atoms with E-state index in [9.17, 15) is 9.90 Å². The molecule has 5 nitrogen and oxygen atoms in total. The fourth-order valence-electron chi connectivity index (χ4n) is 3.71. The van der Waals surface area contributed by atoms with E-state index in [4.69, 9.17) is 9.72 Å². The lowest BCUT2D eigenvalue weighted by Gasteiger charge is -2.35. The van der Waals surface area contributed by atoms with Gasteiger partial charge in [-0.15, -0.1) is 11.3 Å². The summed E-state index contributed by atoms with van der Waals surface area (Å²) in [5, 5.41) is 10.4. The smallest absolute Gasteiger partial charge is 0.306 e. The molecule has 0 aliphatic carbocycles. The van der Waals surface area contributed by atoms with Crippen LogP contribution in [0.1, 0.15) is 29.5 Å². The maximum absolute atomic E-state index is 11.3. The zero-order valence-corrected chi connectivity index (χ0v) is 16.0. The van der Waals surface area contributed by atoms with E-state index in [1.165, 1.54) is 4.70 Å². The third-order valence-corrected chi connectivity index (χ3v) is 6.31. The van der Waals surface area contributed by atoms with Crippen LogP contribution in [0, 0.1) is 5.92 Å². The molecule has 1 fully saturated rings. The van der Waals surface area contributed by atoms with Crippen LogP contribution in [0.15, 0.2) is 48.5 Å². The molecule has 1 unspecified atom stereocenters. The predicted octanol–water partition coefficient (Wildman–Crippen LogP) is 4.19. The first-order valence-electron chi connectivity index (χ1n) is 9.12. The van der Waals surface area contributed by atoms with Gasteiger partial charge in [0, 0.05) is 0 Å². The van der Waals surface area contributed by atoms with Crippen LogP contribution >= 0.6 is 11.3 Å². The highest BCUT2D eigenvalue weighted by Gasteiger charge is 2.31. The Kier molecular flexibility index (Phi) is 5.09. The Balaban J connectivity index is 1.69. The van der Waals surface area contributed by atoms with Crippen molar-refractivity contribution in [2.24, 2.45) is 5.92 Å². The van der Waals surface area contributed by atoms with Crippen molar-refractivity contribution in [2.45, 2.75) is 18.9 Å². The predicted molar refractivity (Wildman–Crippen MR) is 106 cm³/mol. The summed E-state index contributed by atoms with van der Waals surface area (Å²) in [4.78, 5) is 18.6. The summed E-state index contributed by atoms with van der Waals surface area (Å²) in [6.07, 6.45) is 1.35. The van der Waals surface area contributed by atoms with Gasteiger partial charge in [-0.25, -0.2) is 4.98 Å². The molecular weight excluding hydrogens is 360 g/mol. The van der Waals surface area contributed by atoms with Gasteiger partial charge in [0.1, 0.15) is 10.8 Å². The maximum Gasteiger partial charge on any atom is 0.306 e. The number of hydrogen-bond acceptors (Lipinski definition) is 5. The maximum atomic E-state index is 11.3. The molecule has 0 bridgehead atoms. The second-order valence-electron chi connectivity index (χ2n) is 6.84. The van der Waals surface area contributed by atoms with Gasteiger partial charge in [0.05, 0.1) is 29.3 Å². The second kappa shape index (κ2) is 7.66. The highest BCUT2D eigenvalue weighted by molar-refractivity contribution is 7.18. The van der Waals surface area contributed by atoms with Gasteiger partial charge < -0.3 is 9.84 Å². The second-order valence-corrected chi connectivity index (χ2v) is 7.91. The van der Waals surface area contributed by atoms with E-state index < -0.39 is 5.97 Å². The number of thiazole rings is 1. The van der Waals surface area contributed by atoms with Crippen LogP contribution in [0.4, 0.5) is 0 Å². The molecule has 0 amide bonds. The Bertz CT molecular complexity index is 897. The molecule has 0 radical (unpaired) electrons. The molecule has 3 aromatic rings. The van der Waals surface area contributed by atoms with Crippen LogP contribution in [-0.2, 0) is 4.79 Å². The van der Waals surface area contributed by atoms with Crippen molar-refractivity contribution in [2.75, 3.05) is 20.2 Å². The summed E-state index contributed by atoms with van der Waals surface area (Å²) in [6, 6.07) is 16.3. The molecule has 1 aliphatic rings. The van der Waals surface area contributed by atoms with Crippen LogP contribution in [0.25, 0.3) is 10.2 Å². The Morgan fingerprint density at radius 3 is 2.52 bits per heavy atom. The number of piperidine rings is 1. The topological polar surface area (TPSA) is 62.7 Å². The molecule has 1 aromatic heterocycles. The summed E-state index contributed by atoms with van der Waals surface area (Å²) in [6.45, 7) is 1.51. The van der Waals surface area contributed by atoms with Crippen molar-refractivity contribution in [1.82, 2.24) is 9.88 Å². The number of carboxylic acids is 1. The lowest BCUT2D eigenvalue weighted by molar-refractivity contribution is -0.143. The molecule has 27 heavy (non-hydrogen) atoms. The number of aliphatic carboxylic acids is 1. The molecule has 1 saturated heterocycles. The zero-order chi connectivity index (χ0) is 18.8. The lowest BCUT2D eigenvalue weighted by atomic mass is 9.94. The standard InChI is InChI=1S/C21H22N2O3S/c1-26-16-8-6-14(7-9-16)19(23-12-10-15(11-13-23)21(24)25)20-22-17-4-2-3-5-18(17)27-20/h2-9,15,19H,10-13H2,1H3,(H,24,25). The molecule has 1 aliphatic heterocycles. The Morgan fingerprint density at radius 1 is 1.19 bits per heavy atom. The van der Waals surface area contributed by atoms with E-state index in [2.05, 4.69) is 23.1 Å². The average molecular weight is 382 g/mol. The van der Waals surface area contributed by atoms with Crippen LogP contribution in [0.2, 0.25) is 0 Å². The van der Waals surface area contributed by atoms with Crippen molar-refractivity contribution in [3.05, 3.63) is 59.1 Å². The van der Waals surface area contributed by atoms with Gasteiger partial charge >= 0.3 is 5.97 Å². The fraction of sp³-hybridized carbons (Fsp3) is 0.333. The first-order chi connectivity index (χ1) is 13.2. The highest BCUT2D eigenvalue weighted by Crippen LogP contribution is 2.37. The van der Waals surface area contributed by atoms with E-state index in [-0.39, 0.29) is 12.0 Å². The van der Waals surface area contributed by atoms with Gasteiger partial charge in [0.15, 0.2) is 0 Å². The summed E-state index contributed by atoms with van der Waals surface area (Å²) >= 11 is 1.71. The number of aromatic nitrogens is 1. The number of likely N-dealkylation sites (tertiary alicyclic amines) is 1. The number of nitrogens with zero attached hydrogens (tertiary/aromatic N) is 2. The quantitative estimate of drug-likeness (QED) is 0.717. The van der Waals surface area contributed by atoms with Crippen molar-refractivity contribution in [1.29, 1.82) is 0 Å². The van der Waals surface area contributed by atoms with Gasteiger partial charge in [-0.3, -0.25) is 9.69 Å². The monoisotopic (exact) mass is 382 g/mol. The molecule has 140 valence electrons. The normalized spacial score (nSPS) is 17.1. The van der Waals surface area contributed by atoms with Crippen molar-refractivity contribution >= 4 is 27.5 Å². The van der Waals surface area contributed by atoms with Crippen LogP contribution in [0.3, 0.4) is 0 Å². The van der Waals surface area contributed by atoms with E-state index >= 15 is 0 Å². The third kappa shape index (κ3) is 3.68. The fourth-order valence-corrected chi connectivity index (χ4v) is 4.84. The number of carbonyl (C=O) groups is 1. The average Bonchev–Trinajstić information content (AvgIpc) is 3.12. The molecule has 0 saturated carbocycles. The summed E-state index contributed by atoms with van der Waals surface area (Å²) in [5.41, 5.74) is 2.17. The first-order valence-corrected chi connectivity index (χ1v) is 9.93. The van der Waals surface area contributed by atoms with E-state index in [0.717, 1.165) is 34.9 Å². The minimum absolute atomic E-state index is 0.0306. The number of benzene rings is 2. The van der Waals surface area contributed by atoms with E-state index in [1.807, 2.05) is 30.3 Å². The minimum atomic E-state index is -0.685. The van der Waals surface area contributed by atoms with Gasteiger partial charge in [0.25, 0.3) is 0 Å². The Labute approximate surface area is 162 Å². The van der Waals surface area contributed by atoms with Crippen molar-refractivity contribution < 1.29 is 14.6 Å². The number of para-hydroxylation sites is 1. The molecule has 1 N–H and O–H groups in total. The van der Waals surface area contributed by atoms with Gasteiger partial charge in [-0.2, -0.15) is 0 Å². The van der Waals surface area contributed by atoms with Gasteiger partial charge in [-0.1, -0.05) is 24.3 Å². The molecule has 4 rings (SSSR count). The Morgan fingerprint density at radius 2 is 1.89 bits per heavy atom. The van der Waals surface area contributed by atoms with Crippen LogP contribution in [0.5, 0.6) is 5.75 Å². The minimum Gasteiger partial charge on any atom is -0.497 e. The molecule has 6 heteroatoms. The zero-order valence-electron chi connectivity index (χ0n) is 15.2. The molecular formula is C21H22N2O3S. The molecule has 0 spiro atoms. The van der Waals surface area contributed by atoms with Crippen LogP contribution < -0.4 is 4.74 Å². The Hall–Kier alpha value is -2.44. The molecule has 1 atom stereocenters. The number of ether oxygens (including phenoxy) is 1. The number of rotatable bonds is 5. The molecule has 2 heterocycles. The lowest BCUT2D eigenvalue weighted by Crippen LogP contribution is -2.39. The van der Waals surface area contributed by atoms with E-state index in [1.54, 1.807) is 18.4 Å². The summed E-state index contributed by atoms with van der Waals surface area (Å²) in [7, 11) is 1.66. The van der Waals surface area contributed by atoms with Crippen LogP contribution in [-0.4, -0.2) is 41.2 Å². The van der Waals surface area contributed by atoms with Crippen molar-refractivity contribution in [3.63, 3.8) is 0 Å². The summed E-state index contributed by atoms with van der Waals surface area (Å²) in [5.74, 6) is -0.102. The first kappa shape index (κ1) is 17.9. The van der Waals surface area contributed by atoms with Crippen molar-refractivity contribution in [3.8, 4) is 5.75 Å². The SMILES string of the molecule is COc1ccc(C(c2nc3ccccc3s2)N2CCC(C(=O)O)CC2)cc1. The largest absolute Gasteiger partial charge is 0.497 e. The number of carboxylic acid groups (broad SMARTS) is 1. The number of methoxy groups -OCH3 is 1. The molecule has 2 aromatic carbocycles.